The monoisotopic (exact) mass is 423 g/mol. The molecule has 3 unspecified atom stereocenters. The normalized spacial score (nSPS) is 25.1. The van der Waals surface area contributed by atoms with Gasteiger partial charge in [-0.25, -0.2) is 13.6 Å². The lowest BCUT2D eigenvalue weighted by Crippen LogP contribution is -2.29. The summed E-state index contributed by atoms with van der Waals surface area (Å²) in [6.07, 6.45) is 2.70. The number of aliphatic imine (C=N–C) groups is 1. The van der Waals surface area contributed by atoms with Gasteiger partial charge >= 0.3 is 0 Å². The Kier molecular flexibility index (Phi) is 4.50. The molecule has 3 atom stereocenters. The molecule has 1 aliphatic carbocycles. The molecule has 4 N–H and O–H groups in total. The van der Waals surface area contributed by atoms with E-state index in [0.717, 1.165) is 17.0 Å². The fourth-order valence-corrected chi connectivity index (χ4v) is 5.07. The standard InChI is InChI=1S/C17H18ClN5O2S2/c1-8-5-10(8)12-6-14(23-22-12)21-16-9(2)17(20-7-11(16)18)13-3-4-15(26-13)27(19,24)25/h3-4,6-8,10,16H,2,5H2,1H3,(H2,19,24,25)(H2,21,22,23). The third-order valence-electron chi connectivity index (χ3n) is 4.74. The number of rotatable bonds is 5. The number of sulfonamides is 1. The maximum absolute atomic E-state index is 11.5. The van der Waals surface area contributed by atoms with E-state index in [4.69, 9.17) is 16.7 Å². The van der Waals surface area contributed by atoms with Gasteiger partial charge in [0.05, 0.1) is 21.7 Å². The molecule has 10 heteroatoms. The summed E-state index contributed by atoms with van der Waals surface area (Å²) in [7, 11) is -3.75. The van der Waals surface area contributed by atoms with Crippen molar-refractivity contribution in [1.82, 2.24) is 10.2 Å². The molecule has 1 fully saturated rings. The van der Waals surface area contributed by atoms with Gasteiger partial charge in [-0.15, -0.1) is 11.3 Å². The van der Waals surface area contributed by atoms with E-state index in [2.05, 4.69) is 34.0 Å². The van der Waals surface area contributed by atoms with Crippen molar-refractivity contribution in [2.75, 3.05) is 5.32 Å². The minimum Gasteiger partial charge on any atom is -0.357 e. The SMILES string of the molecule is C=C1C(c2ccc(S(N)(=O)=O)s2)=NC=C(Cl)C1Nc1cc(C2CC2C)[nH]n1. The highest BCUT2D eigenvalue weighted by molar-refractivity contribution is 7.91. The quantitative estimate of drug-likeness (QED) is 0.685. The molecule has 27 heavy (non-hydrogen) atoms. The fourth-order valence-electron chi connectivity index (χ4n) is 3.07. The molecular weight excluding hydrogens is 406 g/mol. The van der Waals surface area contributed by atoms with Gasteiger partial charge in [-0.05, 0) is 30.0 Å². The highest BCUT2D eigenvalue weighted by Crippen LogP contribution is 2.46. The van der Waals surface area contributed by atoms with Crippen LogP contribution in [0.2, 0.25) is 0 Å². The number of primary sulfonamides is 1. The number of H-pyrrole nitrogens is 1. The Morgan fingerprint density at radius 2 is 2.19 bits per heavy atom. The molecule has 0 bridgehead atoms. The van der Waals surface area contributed by atoms with Gasteiger partial charge < -0.3 is 5.32 Å². The predicted octanol–water partition coefficient (Wildman–Crippen LogP) is 3.16. The lowest BCUT2D eigenvalue weighted by atomic mass is 10.00. The lowest BCUT2D eigenvalue weighted by molar-refractivity contribution is 0.600. The molecule has 7 nitrogen and oxygen atoms in total. The zero-order valence-electron chi connectivity index (χ0n) is 14.4. The minimum atomic E-state index is -3.75. The Labute approximate surface area is 166 Å². The summed E-state index contributed by atoms with van der Waals surface area (Å²) < 4.78 is 23.1. The topological polar surface area (TPSA) is 113 Å². The largest absolute Gasteiger partial charge is 0.357 e. The van der Waals surface area contributed by atoms with Gasteiger partial charge in [0.25, 0.3) is 0 Å². The lowest BCUT2D eigenvalue weighted by Gasteiger charge is -2.23. The van der Waals surface area contributed by atoms with E-state index >= 15 is 0 Å². The molecule has 0 spiro atoms. The van der Waals surface area contributed by atoms with Gasteiger partial charge in [0.15, 0.2) is 0 Å². The smallest absolute Gasteiger partial charge is 0.247 e. The first-order valence-electron chi connectivity index (χ1n) is 8.31. The van der Waals surface area contributed by atoms with Crippen molar-refractivity contribution in [2.45, 2.75) is 29.5 Å². The van der Waals surface area contributed by atoms with Crippen LogP contribution < -0.4 is 10.5 Å². The molecule has 0 saturated heterocycles. The van der Waals surface area contributed by atoms with Crippen LogP contribution in [-0.4, -0.2) is 30.4 Å². The van der Waals surface area contributed by atoms with Crippen LogP contribution >= 0.6 is 22.9 Å². The highest BCUT2D eigenvalue weighted by atomic mass is 35.5. The number of hydrogen-bond acceptors (Lipinski definition) is 6. The van der Waals surface area contributed by atoms with Crippen molar-refractivity contribution < 1.29 is 8.42 Å². The van der Waals surface area contributed by atoms with E-state index < -0.39 is 16.1 Å². The number of nitrogens with two attached hydrogens (primary N) is 1. The van der Waals surface area contributed by atoms with E-state index in [-0.39, 0.29) is 4.21 Å². The number of halogens is 1. The van der Waals surface area contributed by atoms with E-state index in [1.54, 1.807) is 6.07 Å². The molecule has 2 aliphatic rings. The van der Waals surface area contributed by atoms with Crippen molar-refractivity contribution >= 4 is 44.5 Å². The zero-order chi connectivity index (χ0) is 19.3. The summed E-state index contributed by atoms with van der Waals surface area (Å²) in [5.74, 6) is 1.89. The number of nitrogens with one attached hydrogen (secondary N) is 2. The zero-order valence-corrected chi connectivity index (χ0v) is 16.8. The summed E-state index contributed by atoms with van der Waals surface area (Å²) in [5.41, 5.74) is 2.31. The summed E-state index contributed by atoms with van der Waals surface area (Å²) in [5, 5.41) is 16.3. The van der Waals surface area contributed by atoms with E-state index in [9.17, 15) is 8.42 Å². The number of aromatic amines is 1. The first-order valence-corrected chi connectivity index (χ1v) is 11.1. The maximum atomic E-state index is 11.5. The minimum absolute atomic E-state index is 0.0775. The molecule has 1 aliphatic heterocycles. The molecule has 0 aromatic carbocycles. The van der Waals surface area contributed by atoms with Crippen LogP contribution in [0.5, 0.6) is 0 Å². The maximum Gasteiger partial charge on any atom is 0.247 e. The first kappa shape index (κ1) is 18.4. The number of anilines is 1. The molecule has 0 radical (unpaired) electrons. The van der Waals surface area contributed by atoms with Crippen LogP contribution in [0.3, 0.4) is 0 Å². The van der Waals surface area contributed by atoms with Crippen LogP contribution in [0.4, 0.5) is 5.82 Å². The molecule has 2 aromatic heterocycles. The van der Waals surface area contributed by atoms with Crippen molar-refractivity contribution in [3.63, 3.8) is 0 Å². The van der Waals surface area contributed by atoms with Crippen LogP contribution in [0, 0.1) is 5.92 Å². The Hall–Kier alpha value is -1.94. The van der Waals surface area contributed by atoms with Gasteiger partial charge in [-0.1, -0.05) is 25.1 Å². The highest BCUT2D eigenvalue weighted by Gasteiger charge is 2.36. The van der Waals surface area contributed by atoms with Crippen molar-refractivity contribution in [2.24, 2.45) is 16.0 Å². The molecule has 4 rings (SSSR count). The second-order valence-corrected chi connectivity index (χ2v) is 10.1. The van der Waals surface area contributed by atoms with Crippen LogP contribution in [-0.2, 0) is 10.0 Å². The molecule has 142 valence electrons. The molecular formula is C17H18ClN5O2S2. The Morgan fingerprint density at radius 1 is 1.44 bits per heavy atom. The average Bonchev–Trinajstić information content (AvgIpc) is 3.03. The van der Waals surface area contributed by atoms with E-state index in [0.29, 0.717) is 38.8 Å². The van der Waals surface area contributed by atoms with E-state index in [1.807, 2.05) is 6.07 Å². The third-order valence-corrected chi connectivity index (χ3v) is 7.59. The van der Waals surface area contributed by atoms with Gasteiger partial charge in [-0.2, -0.15) is 5.10 Å². The molecule has 0 amide bonds. The van der Waals surface area contributed by atoms with Crippen LogP contribution in [0.1, 0.15) is 29.8 Å². The second kappa shape index (κ2) is 6.59. The number of hydrogen-bond donors (Lipinski definition) is 3. The molecule has 2 aromatic rings. The Bertz CT molecular complexity index is 1080. The van der Waals surface area contributed by atoms with Crippen molar-refractivity contribution in [3.8, 4) is 0 Å². The Balaban J connectivity index is 1.56. The van der Waals surface area contributed by atoms with Gasteiger partial charge in [0.1, 0.15) is 10.0 Å². The van der Waals surface area contributed by atoms with Crippen LogP contribution in [0.15, 0.2) is 50.8 Å². The van der Waals surface area contributed by atoms with Crippen LogP contribution in [0.25, 0.3) is 0 Å². The fraction of sp³-hybridized carbons (Fsp3) is 0.294. The molecule has 3 heterocycles. The predicted molar refractivity (Wildman–Crippen MR) is 108 cm³/mol. The summed E-state index contributed by atoms with van der Waals surface area (Å²) in [4.78, 5) is 4.99. The first-order chi connectivity index (χ1) is 12.7. The summed E-state index contributed by atoms with van der Waals surface area (Å²) in [6.45, 7) is 6.32. The third kappa shape index (κ3) is 3.60. The van der Waals surface area contributed by atoms with Crippen molar-refractivity contribution in [3.05, 3.63) is 52.2 Å². The van der Waals surface area contributed by atoms with Gasteiger partial charge in [0.2, 0.25) is 10.0 Å². The van der Waals surface area contributed by atoms with E-state index in [1.165, 1.54) is 18.7 Å². The number of thiophene rings is 1. The molecule has 1 saturated carbocycles. The number of nitrogens with zero attached hydrogens (tertiary/aromatic N) is 2. The van der Waals surface area contributed by atoms with Gasteiger partial charge in [-0.3, -0.25) is 10.1 Å². The number of aromatic nitrogens is 2. The average molecular weight is 424 g/mol. The second-order valence-electron chi connectivity index (χ2n) is 6.79. The summed E-state index contributed by atoms with van der Waals surface area (Å²) >= 11 is 7.39. The Morgan fingerprint density at radius 3 is 2.81 bits per heavy atom. The van der Waals surface area contributed by atoms with Gasteiger partial charge in [0, 0.05) is 23.9 Å². The summed E-state index contributed by atoms with van der Waals surface area (Å²) in [6, 6.07) is 4.72. The van der Waals surface area contributed by atoms with Crippen molar-refractivity contribution in [1.29, 1.82) is 0 Å².